The summed E-state index contributed by atoms with van der Waals surface area (Å²) in [5.74, 6) is -1.37. The van der Waals surface area contributed by atoms with Gasteiger partial charge in [-0.1, -0.05) is 12.1 Å². The molecule has 96 valence electrons. The van der Waals surface area contributed by atoms with Crippen molar-refractivity contribution in [3.8, 4) is 0 Å². The van der Waals surface area contributed by atoms with Gasteiger partial charge in [0.2, 0.25) is 0 Å². The molecule has 0 spiro atoms. The maximum absolute atomic E-state index is 11.8. The first-order valence-electron chi connectivity index (χ1n) is 5.45. The highest BCUT2D eigenvalue weighted by atomic mass is 32.2. The lowest BCUT2D eigenvalue weighted by molar-refractivity contribution is -0.114. The smallest absolute Gasteiger partial charge is 0.299 e. The van der Waals surface area contributed by atoms with E-state index >= 15 is 0 Å². The van der Waals surface area contributed by atoms with Gasteiger partial charge in [-0.2, -0.15) is 0 Å². The van der Waals surface area contributed by atoms with Crippen molar-refractivity contribution < 1.29 is 18.0 Å². The number of sulfone groups is 1. The predicted molar refractivity (Wildman–Crippen MR) is 67.6 cm³/mol. The van der Waals surface area contributed by atoms with Crippen molar-refractivity contribution in [1.29, 1.82) is 0 Å². The number of hydrogen-bond acceptors (Lipinski definition) is 4. The van der Waals surface area contributed by atoms with Gasteiger partial charge in [0.25, 0.3) is 11.7 Å². The molecule has 0 fully saturated rings. The second-order valence-corrected chi connectivity index (χ2v) is 6.65. The standard InChI is InChI=1S/C12H13NO4S/c1-8-4-3-5-9-10(8)13(12(15)11(9)14)6-7-18(2,16)17/h3-5H,6-7H2,1-2H3. The van der Waals surface area contributed by atoms with Crippen LogP contribution in [0.4, 0.5) is 5.69 Å². The Morgan fingerprint density at radius 1 is 1.22 bits per heavy atom. The SMILES string of the molecule is Cc1cccc2c1N(CCS(C)(=O)=O)C(=O)C2=O. The van der Waals surface area contributed by atoms with Crippen molar-refractivity contribution in [3.05, 3.63) is 29.3 Å². The Morgan fingerprint density at radius 2 is 1.89 bits per heavy atom. The number of aryl methyl sites for hydroxylation is 1. The summed E-state index contributed by atoms with van der Waals surface area (Å²) in [7, 11) is -3.17. The topological polar surface area (TPSA) is 71.5 Å². The zero-order chi connectivity index (χ0) is 13.5. The zero-order valence-corrected chi connectivity index (χ0v) is 11.0. The minimum Gasteiger partial charge on any atom is -0.303 e. The van der Waals surface area contributed by atoms with Crippen LogP contribution in [-0.4, -0.2) is 38.7 Å². The Bertz CT molecular complexity index is 633. The molecule has 0 saturated heterocycles. The number of amides is 1. The minimum atomic E-state index is -3.17. The van der Waals surface area contributed by atoms with E-state index < -0.39 is 21.5 Å². The molecular formula is C12H13NO4S. The largest absolute Gasteiger partial charge is 0.303 e. The first-order chi connectivity index (χ1) is 8.31. The summed E-state index contributed by atoms with van der Waals surface area (Å²) >= 11 is 0. The fourth-order valence-electron chi connectivity index (χ4n) is 2.01. The van der Waals surface area contributed by atoms with Gasteiger partial charge in [0.1, 0.15) is 9.84 Å². The number of carbonyl (C=O) groups excluding carboxylic acids is 2. The van der Waals surface area contributed by atoms with Crippen LogP contribution in [0.25, 0.3) is 0 Å². The summed E-state index contributed by atoms with van der Waals surface area (Å²) in [4.78, 5) is 24.8. The van der Waals surface area contributed by atoms with Gasteiger partial charge in [-0.05, 0) is 18.6 Å². The Hall–Kier alpha value is -1.69. The molecule has 1 aliphatic heterocycles. The molecule has 2 rings (SSSR count). The number of benzene rings is 1. The number of hydrogen-bond donors (Lipinski definition) is 0. The van der Waals surface area contributed by atoms with Crippen molar-refractivity contribution in [2.45, 2.75) is 6.92 Å². The van der Waals surface area contributed by atoms with Crippen LogP contribution in [0.3, 0.4) is 0 Å². The third-order valence-electron chi connectivity index (χ3n) is 2.88. The highest BCUT2D eigenvalue weighted by Crippen LogP contribution is 2.31. The lowest BCUT2D eigenvalue weighted by Gasteiger charge is -2.17. The molecule has 0 saturated carbocycles. The van der Waals surface area contributed by atoms with Crippen LogP contribution in [0, 0.1) is 6.92 Å². The lowest BCUT2D eigenvalue weighted by atomic mass is 10.1. The number of rotatable bonds is 3. The van der Waals surface area contributed by atoms with E-state index in [-0.39, 0.29) is 12.3 Å². The summed E-state index contributed by atoms with van der Waals surface area (Å²) in [5, 5.41) is 0. The van der Waals surface area contributed by atoms with Crippen molar-refractivity contribution >= 4 is 27.2 Å². The third-order valence-corrected chi connectivity index (χ3v) is 3.80. The number of nitrogens with zero attached hydrogens (tertiary/aromatic N) is 1. The molecule has 0 aromatic heterocycles. The minimum absolute atomic E-state index is 0.0151. The zero-order valence-electron chi connectivity index (χ0n) is 10.1. The van der Waals surface area contributed by atoms with Crippen molar-refractivity contribution in [1.82, 2.24) is 0 Å². The highest BCUT2D eigenvalue weighted by Gasteiger charge is 2.36. The van der Waals surface area contributed by atoms with E-state index in [2.05, 4.69) is 0 Å². The van der Waals surface area contributed by atoms with Crippen LogP contribution in [0.5, 0.6) is 0 Å². The maximum Gasteiger partial charge on any atom is 0.299 e. The molecule has 18 heavy (non-hydrogen) atoms. The van der Waals surface area contributed by atoms with Crippen molar-refractivity contribution in [3.63, 3.8) is 0 Å². The van der Waals surface area contributed by atoms with E-state index in [9.17, 15) is 18.0 Å². The summed E-state index contributed by atoms with van der Waals surface area (Å²) in [6, 6.07) is 5.08. The second kappa shape index (κ2) is 4.20. The van der Waals surface area contributed by atoms with Crippen molar-refractivity contribution in [2.75, 3.05) is 23.5 Å². The van der Waals surface area contributed by atoms with E-state index in [1.165, 1.54) is 4.90 Å². The monoisotopic (exact) mass is 267 g/mol. The normalized spacial score (nSPS) is 15.1. The molecule has 0 aliphatic carbocycles. The highest BCUT2D eigenvalue weighted by molar-refractivity contribution is 7.90. The van der Waals surface area contributed by atoms with Gasteiger partial charge >= 0.3 is 0 Å². The molecule has 0 atom stereocenters. The number of fused-ring (bicyclic) bond motifs is 1. The molecular weight excluding hydrogens is 254 g/mol. The number of para-hydroxylation sites is 1. The fraction of sp³-hybridized carbons (Fsp3) is 0.333. The van der Waals surface area contributed by atoms with Crippen LogP contribution in [0.1, 0.15) is 15.9 Å². The molecule has 0 bridgehead atoms. The molecule has 0 radical (unpaired) electrons. The number of carbonyl (C=O) groups is 2. The number of Topliss-reactive ketones (excluding diaryl/α,β-unsaturated/α-hetero) is 1. The van der Waals surface area contributed by atoms with E-state index in [1.807, 2.05) is 0 Å². The lowest BCUT2D eigenvalue weighted by Crippen LogP contribution is -2.34. The molecule has 0 N–H and O–H groups in total. The Kier molecular flexibility index (Phi) is 2.98. The Labute approximate surface area is 105 Å². The van der Waals surface area contributed by atoms with Gasteiger partial charge in [0.05, 0.1) is 17.0 Å². The Morgan fingerprint density at radius 3 is 2.50 bits per heavy atom. The first kappa shape index (κ1) is 12.8. The first-order valence-corrected chi connectivity index (χ1v) is 7.51. The summed E-state index contributed by atoms with van der Waals surface area (Å²) in [6.07, 6.45) is 1.11. The van der Waals surface area contributed by atoms with Crippen LogP contribution in [0.2, 0.25) is 0 Å². The van der Waals surface area contributed by atoms with Gasteiger partial charge in [-0.25, -0.2) is 8.42 Å². The predicted octanol–water partition coefficient (Wildman–Crippen LogP) is 0.569. The molecule has 1 amide bonds. The molecule has 1 aliphatic rings. The quantitative estimate of drug-likeness (QED) is 0.751. The van der Waals surface area contributed by atoms with Gasteiger partial charge in [-0.15, -0.1) is 0 Å². The van der Waals surface area contributed by atoms with Crippen LogP contribution in [-0.2, 0) is 14.6 Å². The molecule has 1 aromatic rings. The molecule has 1 aromatic carbocycles. The fourth-order valence-corrected chi connectivity index (χ4v) is 2.52. The summed E-state index contributed by atoms with van der Waals surface area (Å²) in [6.45, 7) is 1.80. The van der Waals surface area contributed by atoms with Gasteiger partial charge in [0, 0.05) is 12.8 Å². The van der Waals surface area contributed by atoms with Gasteiger partial charge in [-0.3, -0.25) is 9.59 Å². The molecule has 1 heterocycles. The number of ketones is 1. The van der Waals surface area contributed by atoms with E-state index in [0.29, 0.717) is 11.3 Å². The molecule has 5 nitrogen and oxygen atoms in total. The molecule has 6 heteroatoms. The van der Waals surface area contributed by atoms with Crippen LogP contribution >= 0.6 is 0 Å². The maximum atomic E-state index is 11.8. The number of anilines is 1. The average molecular weight is 267 g/mol. The average Bonchev–Trinajstić information content (AvgIpc) is 2.51. The third kappa shape index (κ3) is 2.15. The van der Waals surface area contributed by atoms with Crippen LogP contribution < -0.4 is 4.90 Å². The summed E-state index contributed by atoms with van der Waals surface area (Å²) < 4.78 is 22.3. The van der Waals surface area contributed by atoms with E-state index in [0.717, 1.165) is 11.8 Å². The van der Waals surface area contributed by atoms with E-state index in [1.54, 1.807) is 25.1 Å². The van der Waals surface area contributed by atoms with E-state index in [4.69, 9.17) is 0 Å². The van der Waals surface area contributed by atoms with Gasteiger partial charge < -0.3 is 4.90 Å². The van der Waals surface area contributed by atoms with Crippen molar-refractivity contribution in [2.24, 2.45) is 0 Å². The Balaban J connectivity index is 2.40. The summed E-state index contributed by atoms with van der Waals surface area (Å²) in [5.41, 5.74) is 1.69. The van der Waals surface area contributed by atoms with Crippen LogP contribution in [0.15, 0.2) is 18.2 Å². The second-order valence-electron chi connectivity index (χ2n) is 4.39. The van der Waals surface area contributed by atoms with Gasteiger partial charge in [0.15, 0.2) is 0 Å². The molecule has 0 unspecified atom stereocenters.